The summed E-state index contributed by atoms with van der Waals surface area (Å²) >= 11 is 5.35. The molecular formula is C4H2ClN2+. The molecule has 0 atom stereocenters. The topological polar surface area (TPSA) is 24.7 Å². The Kier molecular flexibility index (Phi) is 1.16. The lowest BCUT2D eigenvalue weighted by molar-refractivity contribution is 1.42. The van der Waals surface area contributed by atoms with Gasteiger partial charge in [0.05, 0.1) is 0 Å². The van der Waals surface area contributed by atoms with Crippen molar-refractivity contribution in [1.29, 1.82) is 0 Å². The summed E-state index contributed by atoms with van der Waals surface area (Å²) in [7, 11) is 0. The van der Waals surface area contributed by atoms with Crippen molar-refractivity contribution in [2.24, 2.45) is 9.98 Å². The molecule has 0 aromatic heterocycles. The zero-order chi connectivity index (χ0) is 5.11. The molecule has 2 nitrogen and oxygen atoms in total. The Morgan fingerprint density at radius 2 is 2.57 bits per heavy atom. The van der Waals surface area contributed by atoms with Crippen molar-refractivity contribution >= 4 is 23.0 Å². The van der Waals surface area contributed by atoms with Crippen LogP contribution in [-0.4, -0.2) is 11.4 Å². The minimum absolute atomic E-state index is 0.402. The van der Waals surface area contributed by atoms with Crippen LogP contribution in [0.1, 0.15) is 0 Å². The molecule has 3 heteroatoms. The summed E-state index contributed by atoms with van der Waals surface area (Å²) < 4.78 is 0. The van der Waals surface area contributed by atoms with Gasteiger partial charge in [-0.3, -0.25) is 0 Å². The minimum Gasteiger partial charge on any atom is -0.189 e. The predicted molar refractivity (Wildman–Crippen MR) is 29.6 cm³/mol. The molecule has 1 aliphatic heterocycles. The summed E-state index contributed by atoms with van der Waals surface area (Å²) in [4.78, 5) is 7.19. The number of hydrogen-bond acceptors (Lipinski definition) is 2. The monoisotopic (exact) mass is 113 g/mol. The molecule has 0 aliphatic carbocycles. The van der Waals surface area contributed by atoms with Crippen LogP contribution in [0.4, 0.5) is 0 Å². The van der Waals surface area contributed by atoms with Crippen molar-refractivity contribution in [3.05, 3.63) is 12.4 Å². The zero-order valence-electron chi connectivity index (χ0n) is 3.43. The van der Waals surface area contributed by atoms with Crippen LogP contribution in [0.25, 0.3) is 0 Å². The molecule has 1 heterocycles. The van der Waals surface area contributed by atoms with Crippen LogP contribution < -0.4 is 0 Å². The van der Waals surface area contributed by atoms with Gasteiger partial charge in [-0.1, -0.05) is 0 Å². The fourth-order valence-corrected chi connectivity index (χ4v) is 0.345. The molecule has 1 aliphatic rings. The lowest BCUT2D eigenvalue weighted by Crippen LogP contribution is -1.88. The number of hydrogen-bond donors (Lipinski definition) is 0. The largest absolute Gasteiger partial charge is 0.239 e. The molecule has 0 N–H and O–H groups in total. The van der Waals surface area contributed by atoms with Crippen molar-refractivity contribution in [2.45, 2.75) is 0 Å². The first-order valence-corrected chi connectivity index (χ1v) is 2.11. The first-order chi connectivity index (χ1) is 3.39. The lowest BCUT2D eigenvalue weighted by Gasteiger charge is -1.73. The molecule has 34 valence electrons. The van der Waals surface area contributed by atoms with E-state index in [-0.39, 0.29) is 0 Å². The molecule has 0 spiro atoms. The zero-order valence-corrected chi connectivity index (χ0v) is 4.18. The predicted octanol–water partition coefficient (Wildman–Crippen LogP) is 0.982. The van der Waals surface area contributed by atoms with Gasteiger partial charge >= 0.3 is 0 Å². The maximum absolute atomic E-state index is 5.35. The van der Waals surface area contributed by atoms with Gasteiger partial charge in [0, 0.05) is 0 Å². The molecule has 0 unspecified atom stereocenters. The molecule has 0 bridgehead atoms. The third-order valence-electron chi connectivity index (χ3n) is 0.491. The minimum atomic E-state index is 0.402. The van der Waals surface area contributed by atoms with Crippen molar-refractivity contribution in [1.82, 2.24) is 0 Å². The molecule has 0 aromatic carbocycles. The summed E-state index contributed by atoms with van der Waals surface area (Å²) in [5.41, 5.74) is 0. The van der Waals surface area contributed by atoms with Crippen LogP contribution in [-0.2, 0) is 0 Å². The number of halogens is 1. The van der Waals surface area contributed by atoms with Crippen LogP contribution in [0.5, 0.6) is 0 Å². The number of nitrogens with zero attached hydrogens (tertiary/aromatic N) is 2. The second-order valence-corrected chi connectivity index (χ2v) is 1.36. The summed E-state index contributed by atoms with van der Waals surface area (Å²) in [6, 6.07) is 0. The Bertz CT molecular complexity index is 146. The quantitative estimate of drug-likeness (QED) is 0.419. The van der Waals surface area contributed by atoms with Crippen molar-refractivity contribution in [2.75, 3.05) is 0 Å². The Morgan fingerprint density at radius 3 is 2.86 bits per heavy atom. The van der Waals surface area contributed by atoms with Crippen LogP contribution in [0, 0.1) is 6.20 Å². The molecule has 0 aromatic rings. The molecule has 0 amide bonds. The molecule has 0 saturated heterocycles. The number of aliphatic imine (C=N–C) groups is 2. The SMILES string of the molecule is ClC1=NC=[C+]N=C1. The van der Waals surface area contributed by atoms with Crippen LogP contribution >= 0.6 is 11.6 Å². The van der Waals surface area contributed by atoms with Gasteiger partial charge in [0.1, 0.15) is 0 Å². The van der Waals surface area contributed by atoms with Crippen LogP contribution in [0.3, 0.4) is 0 Å². The van der Waals surface area contributed by atoms with E-state index < -0.39 is 0 Å². The Balaban J connectivity index is 2.82. The van der Waals surface area contributed by atoms with Crippen LogP contribution in [0.15, 0.2) is 16.2 Å². The van der Waals surface area contributed by atoms with Crippen molar-refractivity contribution < 1.29 is 0 Å². The van der Waals surface area contributed by atoms with Gasteiger partial charge < -0.3 is 0 Å². The van der Waals surface area contributed by atoms with E-state index in [0.717, 1.165) is 0 Å². The molecular weight excluding hydrogens is 112 g/mol. The second kappa shape index (κ2) is 1.82. The first-order valence-electron chi connectivity index (χ1n) is 1.73. The third kappa shape index (κ3) is 1.07. The van der Waals surface area contributed by atoms with Gasteiger partial charge in [-0.2, -0.15) is 4.99 Å². The van der Waals surface area contributed by atoms with Gasteiger partial charge in [-0.15, -0.1) is 0 Å². The molecule has 1 rings (SSSR count). The standard InChI is InChI=1S/C4H2ClN2/c5-4-3-6-1-2-7-4/h2-3H/q+1. The van der Waals surface area contributed by atoms with E-state index in [9.17, 15) is 0 Å². The highest BCUT2D eigenvalue weighted by atomic mass is 35.5. The fourth-order valence-electron chi connectivity index (χ4n) is 0.248. The van der Waals surface area contributed by atoms with E-state index in [0.29, 0.717) is 5.17 Å². The van der Waals surface area contributed by atoms with E-state index in [4.69, 9.17) is 11.6 Å². The van der Waals surface area contributed by atoms with Gasteiger partial charge in [0.25, 0.3) is 0 Å². The average molecular weight is 114 g/mol. The van der Waals surface area contributed by atoms with Crippen molar-refractivity contribution in [3.63, 3.8) is 0 Å². The highest BCUT2D eigenvalue weighted by Gasteiger charge is 1.96. The lowest BCUT2D eigenvalue weighted by atomic mass is 10.7. The van der Waals surface area contributed by atoms with Gasteiger partial charge in [0.15, 0.2) is 6.20 Å². The van der Waals surface area contributed by atoms with Crippen LogP contribution in [0.2, 0.25) is 0 Å². The second-order valence-electron chi connectivity index (χ2n) is 0.968. The van der Waals surface area contributed by atoms with Crippen molar-refractivity contribution in [3.8, 4) is 0 Å². The van der Waals surface area contributed by atoms with Gasteiger partial charge in [-0.05, 0) is 16.6 Å². The normalized spacial score (nSPS) is 15.9. The van der Waals surface area contributed by atoms with E-state index in [1.165, 1.54) is 12.4 Å². The van der Waals surface area contributed by atoms with E-state index >= 15 is 0 Å². The maximum atomic E-state index is 5.35. The smallest absolute Gasteiger partial charge is 0.189 e. The summed E-state index contributed by atoms with van der Waals surface area (Å²) in [6.07, 6.45) is 5.34. The van der Waals surface area contributed by atoms with E-state index in [1.807, 2.05) is 0 Å². The highest BCUT2D eigenvalue weighted by Crippen LogP contribution is 1.89. The van der Waals surface area contributed by atoms with E-state index in [2.05, 4.69) is 16.2 Å². The third-order valence-corrected chi connectivity index (χ3v) is 0.686. The van der Waals surface area contributed by atoms with E-state index in [1.54, 1.807) is 0 Å². The van der Waals surface area contributed by atoms with Gasteiger partial charge in [-0.25, -0.2) is 0 Å². The molecule has 0 fully saturated rings. The fraction of sp³-hybridized carbons (Fsp3) is 0. The Morgan fingerprint density at radius 1 is 1.71 bits per heavy atom. The first kappa shape index (κ1) is 4.44. The highest BCUT2D eigenvalue weighted by molar-refractivity contribution is 6.80. The number of rotatable bonds is 0. The maximum Gasteiger partial charge on any atom is 0.239 e. The molecule has 0 radical (unpaired) electrons. The Hall–Kier alpha value is -0.720. The molecule has 0 saturated carbocycles. The summed E-state index contributed by atoms with van der Waals surface area (Å²) in [6.45, 7) is 0. The van der Waals surface area contributed by atoms with Gasteiger partial charge in [0.2, 0.25) is 17.6 Å². The summed E-state index contributed by atoms with van der Waals surface area (Å²) in [5, 5.41) is 0.402. The Labute approximate surface area is 46.2 Å². The average Bonchev–Trinajstić information content (AvgIpc) is 1.69. The summed E-state index contributed by atoms with van der Waals surface area (Å²) in [5.74, 6) is 0. The molecule has 7 heavy (non-hydrogen) atoms.